The van der Waals surface area contributed by atoms with Gasteiger partial charge in [0.05, 0.1) is 18.1 Å². The van der Waals surface area contributed by atoms with Crippen LogP contribution in [0.15, 0.2) is 33.9 Å². The highest BCUT2D eigenvalue weighted by Crippen LogP contribution is 2.41. The van der Waals surface area contributed by atoms with Crippen molar-refractivity contribution in [3.8, 4) is 11.5 Å². The first-order valence-electron chi connectivity index (χ1n) is 7.57. The van der Waals surface area contributed by atoms with Gasteiger partial charge < -0.3 is 8.98 Å². The van der Waals surface area contributed by atoms with E-state index in [0.29, 0.717) is 4.70 Å². The van der Waals surface area contributed by atoms with Crippen molar-refractivity contribution in [1.29, 1.82) is 0 Å². The maximum absolute atomic E-state index is 12.4. The molecule has 1 aliphatic rings. The smallest absolute Gasteiger partial charge is 0.271 e. The first kappa shape index (κ1) is 13.0. The number of rotatable bonds is 1. The highest BCUT2D eigenvalue weighted by molar-refractivity contribution is 7.25. The van der Waals surface area contributed by atoms with Crippen LogP contribution >= 0.6 is 11.3 Å². The lowest BCUT2D eigenvalue weighted by Gasteiger charge is -2.07. The Morgan fingerprint density at radius 3 is 3.00 bits per heavy atom. The van der Waals surface area contributed by atoms with E-state index in [4.69, 9.17) is 9.40 Å². The minimum Gasteiger partial charge on any atom is -0.463 e. The lowest BCUT2D eigenvalue weighted by Crippen LogP contribution is -2.15. The largest absolute Gasteiger partial charge is 0.463 e. The molecule has 0 saturated heterocycles. The minimum absolute atomic E-state index is 0.00991. The van der Waals surface area contributed by atoms with Crippen molar-refractivity contribution in [3.63, 3.8) is 0 Å². The molecule has 0 N–H and O–H groups in total. The Kier molecular flexibility index (Phi) is 2.56. The van der Waals surface area contributed by atoms with E-state index in [1.807, 2.05) is 12.1 Å². The van der Waals surface area contributed by atoms with E-state index in [0.717, 1.165) is 46.4 Å². The van der Waals surface area contributed by atoms with Crippen molar-refractivity contribution in [3.05, 3.63) is 46.2 Å². The van der Waals surface area contributed by atoms with Crippen molar-refractivity contribution >= 4 is 31.8 Å². The number of nitrogens with zero attached hydrogens (tertiary/aromatic N) is 3. The summed E-state index contributed by atoms with van der Waals surface area (Å²) in [5.41, 5.74) is 4.23. The third kappa shape index (κ3) is 1.69. The molecule has 5 nitrogen and oxygen atoms in total. The Morgan fingerprint density at radius 1 is 1.30 bits per heavy atom. The summed E-state index contributed by atoms with van der Waals surface area (Å²) in [5, 5.41) is 1.06. The van der Waals surface area contributed by atoms with Gasteiger partial charge in [-0.3, -0.25) is 4.79 Å². The van der Waals surface area contributed by atoms with Crippen molar-refractivity contribution in [1.82, 2.24) is 14.5 Å². The SMILES string of the molecule is Cn1cnc2c(sc3nc(-c4ccco4)c4c(c32)CCC4)c1=O. The predicted octanol–water partition coefficient (Wildman–Crippen LogP) is 3.29. The molecule has 5 rings (SSSR count). The Labute approximate surface area is 135 Å². The van der Waals surface area contributed by atoms with Crippen LogP contribution in [0, 0.1) is 0 Å². The average Bonchev–Trinajstić information content (AvgIpc) is 3.27. The van der Waals surface area contributed by atoms with Crippen LogP contribution in [0.1, 0.15) is 17.5 Å². The van der Waals surface area contributed by atoms with Gasteiger partial charge in [0.25, 0.3) is 5.56 Å². The van der Waals surface area contributed by atoms with Gasteiger partial charge in [-0.15, -0.1) is 11.3 Å². The van der Waals surface area contributed by atoms with E-state index in [1.165, 1.54) is 27.0 Å². The zero-order valence-corrected chi connectivity index (χ0v) is 13.3. The fraction of sp³-hybridized carbons (Fsp3) is 0.235. The zero-order valence-electron chi connectivity index (χ0n) is 12.5. The summed E-state index contributed by atoms with van der Waals surface area (Å²) in [6, 6.07) is 3.82. The van der Waals surface area contributed by atoms with Crippen molar-refractivity contribution < 1.29 is 4.42 Å². The predicted molar refractivity (Wildman–Crippen MR) is 89.9 cm³/mol. The monoisotopic (exact) mass is 323 g/mol. The molecule has 114 valence electrons. The Bertz CT molecular complexity index is 1120. The number of hydrogen-bond donors (Lipinski definition) is 0. The highest BCUT2D eigenvalue weighted by Gasteiger charge is 2.25. The summed E-state index contributed by atoms with van der Waals surface area (Å²) in [7, 11) is 1.73. The van der Waals surface area contributed by atoms with Crippen LogP contribution in [0.3, 0.4) is 0 Å². The quantitative estimate of drug-likeness (QED) is 0.539. The molecule has 0 atom stereocenters. The second kappa shape index (κ2) is 4.52. The summed E-state index contributed by atoms with van der Waals surface area (Å²) in [5.74, 6) is 0.795. The molecule has 0 aliphatic heterocycles. The van der Waals surface area contributed by atoms with Gasteiger partial charge in [0.2, 0.25) is 0 Å². The summed E-state index contributed by atoms with van der Waals surface area (Å²) >= 11 is 1.43. The molecular weight excluding hydrogens is 310 g/mol. The normalized spacial score (nSPS) is 14.0. The van der Waals surface area contributed by atoms with E-state index >= 15 is 0 Å². The summed E-state index contributed by atoms with van der Waals surface area (Å²) in [6.07, 6.45) is 6.37. The molecule has 0 radical (unpaired) electrons. The van der Waals surface area contributed by atoms with Crippen molar-refractivity contribution in [2.24, 2.45) is 7.05 Å². The molecule has 0 saturated carbocycles. The molecule has 0 bridgehead atoms. The van der Waals surface area contributed by atoms with Gasteiger partial charge in [-0.25, -0.2) is 9.97 Å². The molecule has 0 spiro atoms. The molecule has 4 heterocycles. The number of pyridine rings is 1. The first-order chi connectivity index (χ1) is 11.2. The summed E-state index contributed by atoms with van der Waals surface area (Å²) in [6.45, 7) is 0. The van der Waals surface area contributed by atoms with Gasteiger partial charge >= 0.3 is 0 Å². The fourth-order valence-corrected chi connectivity index (χ4v) is 4.59. The van der Waals surface area contributed by atoms with Gasteiger partial charge in [0.15, 0.2) is 5.76 Å². The second-order valence-corrected chi connectivity index (χ2v) is 6.87. The van der Waals surface area contributed by atoms with Gasteiger partial charge in [0, 0.05) is 12.4 Å². The minimum atomic E-state index is -0.00991. The first-order valence-corrected chi connectivity index (χ1v) is 8.39. The van der Waals surface area contributed by atoms with Crippen molar-refractivity contribution in [2.75, 3.05) is 0 Å². The molecule has 4 aromatic rings. The van der Waals surface area contributed by atoms with Crippen LogP contribution in [-0.4, -0.2) is 14.5 Å². The topological polar surface area (TPSA) is 60.9 Å². The molecule has 6 heteroatoms. The molecule has 4 aromatic heterocycles. The van der Waals surface area contributed by atoms with Crippen LogP contribution in [-0.2, 0) is 19.9 Å². The average molecular weight is 323 g/mol. The molecule has 0 fully saturated rings. The molecule has 1 aliphatic carbocycles. The lowest BCUT2D eigenvalue weighted by molar-refractivity contribution is 0.579. The summed E-state index contributed by atoms with van der Waals surface area (Å²) < 4.78 is 7.77. The number of aromatic nitrogens is 3. The van der Waals surface area contributed by atoms with E-state index in [1.54, 1.807) is 19.6 Å². The van der Waals surface area contributed by atoms with Gasteiger partial charge in [-0.2, -0.15) is 0 Å². The van der Waals surface area contributed by atoms with Crippen LogP contribution in [0.25, 0.3) is 31.9 Å². The van der Waals surface area contributed by atoms with Gasteiger partial charge in [-0.05, 0) is 42.5 Å². The fourth-order valence-electron chi connectivity index (χ4n) is 3.45. The number of hydrogen-bond acceptors (Lipinski definition) is 5. The van der Waals surface area contributed by atoms with E-state index in [-0.39, 0.29) is 5.56 Å². The molecular formula is C17H13N3O2S. The standard InChI is InChI=1S/C17H13N3O2S/c1-20-8-18-14-12-9-4-2-5-10(9)13(11-6-3-7-22-11)19-16(12)23-15(14)17(20)21/h3,6-8H,2,4-5H2,1H3. The molecule has 23 heavy (non-hydrogen) atoms. The van der Waals surface area contributed by atoms with Crippen LogP contribution < -0.4 is 5.56 Å². The molecule has 0 unspecified atom stereocenters. The maximum atomic E-state index is 12.4. The van der Waals surface area contributed by atoms with Gasteiger partial charge in [0.1, 0.15) is 15.2 Å². The Hall–Kier alpha value is -2.47. The molecule has 0 aromatic carbocycles. The Balaban J connectivity index is 1.97. The number of thiophene rings is 1. The number of aryl methyl sites for hydroxylation is 2. The highest BCUT2D eigenvalue weighted by atomic mass is 32.1. The van der Waals surface area contributed by atoms with Crippen LogP contribution in [0.5, 0.6) is 0 Å². The maximum Gasteiger partial charge on any atom is 0.271 e. The third-order valence-corrected chi connectivity index (χ3v) is 5.57. The van der Waals surface area contributed by atoms with Crippen LogP contribution in [0.4, 0.5) is 0 Å². The van der Waals surface area contributed by atoms with E-state index in [9.17, 15) is 4.79 Å². The van der Waals surface area contributed by atoms with E-state index < -0.39 is 0 Å². The Morgan fingerprint density at radius 2 is 2.17 bits per heavy atom. The second-order valence-electron chi connectivity index (χ2n) is 5.87. The number of fused-ring (bicyclic) bond motifs is 5. The lowest BCUT2D eigenvalue weighted by atomic mass is 10.0. The number of furan rings is 1. The molecule has 0 amide bonds. The van der Waals surface area contributed by atoms with Crippen LogP contribution in [0.2, 0.25) is 0 Å². The van der Waals surface area contributed by atoms with Crippen molar-refractivity contribution in [2.45, 2.75) is 19.3 Å². The third-order valence-electron chi connectivity index (χ3n) is 4.51. The zero-order chi connectivity index (χ0) is 15.6. The summed E-state index contributed by atoms with van der Waals surface area (Å²) in [4.78, 5) is 22.6. The van der Waals surface area contributed by atoms with Gasteiger partial charge in [-0.1, -0.05) is 0 Å². The van der Waals surface area contributed by atoms with E-state index in [2.05, 4.69) is 4.98 Å².